The van der Waals surface area contributed by atoms with Crippen molar-refractivity contribution in [2.75, 3.05) is 37.7 Å². The van der Waals surface area contributed by atoms with E-state index in [1.54, 1.807) is 11.3 Å². The molecule has 0 aliphatic rings. The van der Waals surface area contributed by atoms with E-state index in [0.29, 0.717) is 18.7 Å². The monoisotopic (exact) mass is 453 g/mol. The first-order chi connectivity index (χ1) is 15.6. The van der Waals surface area contributed by atoms with Gasteiger partial charge in [-0.05, 0) is 67.9 Å². The maximum absolute atomic E-state index is 13.5. The number of unbranched alkanes of at least 4 members (excludes halogenated alkanes) is 1. The number of benzene rings is 2. The standard InChI is InChI=1S/C26H35N3O2S/c1-5-9-18-31-22-13-11-21(12-14-22)25(30)29(17-16-28(7-3)8-4)26-27-23-15-10-20(6-2)19-24(23)32-26/h10-15,19H,5-9,16-18H2,1-4H3. The number of ether oxygens (including phenoxy) is 1. The molecule has 0 saturated carbocycles. The highest BCUT2D eigenvalue weighted by Gasteiger charge is 2.22. The van der Waals surface area contributed by atoms with Crippen LogP contribution in [0.5, 0.6) is 5.75 Å². The zero-order chi connectivity index (χ0) is 22.9. The molecule has 1 heterocycles. The third-order valence-electron chi connectivity index (χ3n) is 5.73. The van der Waals surface area contributed by atoms with E-state index in [2.05, 4.69) is 50.8 Å². The number of fused-ring (bicyclic) bond motifs is 1. The number of likely N-dealkylation sites (N-methyl/N-ethyl adjacent to an activating group) is 1. The molecular weight excluding hydrogens is 418 g/mol. The quantitative estimate of drug-likeness (QED) is 0.314. The first-order valence-electron chi connectivity index (χ1n) is 11.8. The molecule has 0 aliphatic heterocycles. The number of thiazole rings is 1. The van der Waals surface area contributed by atoms with E-state index >= 15 is 0 Å². The summed E-state index contributed by atoms with van der Waals surface area (Å²) in [5, 5.41) is 0.758. The fraction of sp³-hybridized carbons (Fsp3) is 0.462. The van der Waals surface area contributed by atoms with E-state index in [1.165, 1.54) is 5.56 Å². The van der Waals surface area contributed by atoms with Gasteiger partial charge in [0.1, 0.15) is 5.75 Å². The Balaban J connectivity index is 1.85. The number of anilines is 1. The second-order valence-corrected chi connectivity index (χ2v) is 8.87. The fourth-order valence-corrected chi connectivity index (χ4v) is 4.60. The van der Waals surface area contributed by atoms with Crippen molar-refractivity contribution in [1.29, 1.82) is 0 Å². The third kappa shape index (κ3) is 6.08. The van der Waals surface area contributed by atoms with Crippen LogP contribution in [0.1, 0.15) is 56.5 Å². The molecule has 0 fully saturated rings. The number of carbonyl (C=O) groups excluding carboxylic acids is 1. The zero-order valence-electron chi connectivity index (χ0n) is 19.8. The summed E-state index contributed by atoms with van der Waals surface area (Å²) in [5.41, 5.74) is 2.88. The predicted octanol–water partition coefficient (Wildman–Crippen LogP) is 6.03. The molecule has 3 rings (SSSR count). The van der Waals surface area contributed by atoms with Gasteiger partial charge < -0.3 is 9.64 Å². The lowest BCUT2D eigenvalue weighted by Crippen LogP contribution is -2.38. The van der Waals surface area contributed by atoms with E-state index in [4.69, 9.17) is 9.72 Å². The largest absolute Gasteiger partial charge is 0.494 e. The molecule has 0 unspecified atom stereocenters. The summed E-state index contributed by atoms with van der Waals surface area (Å²) in [7, 11) is 0. The van der Waals surface area contributed by atoms with Gasteiger partial charge in [-0.2, -0.15) is 0 Å². The SMILES string of the molecule is CCCCOc1ccc(C(=O)N(CCN(CC)CC)c2nc3ccc(CC)cc3s2)cc1. The van der Waals surface area contributed by atoms with Gasteiger partial charge in [-0.1, -0.05) is 51.5 Å². The lowest BCUT2D eigenvalue weighted by Gasteiger charge is -2.24. The Hall–Kier alpha value is -2.44. The van der Waals surface area contributed by atoms with Crippen LogP contribution >= 0.6 is 11.3 Å². The Labute approximate surface area is 196 Å². The first kappa shape index (κ1) is 24.2. The van der Waals surface area contributed by atoms with Crippen molar-refractivity contribution >= 4 is 32.6 Å². The van der Waals surface area contributed by atoms with Crippen molar-refractivity contribution < 1.29 is 9.53 Å². The molecule has 2 aromatic carbocycles. The molecule has 0 saturated heterocycles. The molecule has 0 spiro atoms. The molecule has 32 heavy (non-hydrogen) atoms. The zero-order valence-corrected chi connectivity index (χ0v) is 20.6. The van der Waals surface area contributed by atoms with Gasteiger partial charge in [-0.25, -0.2) is 4.98 Å². The highest BCUT2D eigenvalue weighted by atomic mass is 32.1. The number of nitrogens with zero attached hydrogens (tertiary/aromatic N) is 3. The Bertz CT molecular complexity index is 996. The summed E-state index contributed by atoms with van der Waals surface area (Å²) in [6.07, 6.45) is 3.11. The number of hydrogen-bond donors (Lipinski definition) is 0. The van der Waals surface area contributed by atoms with Crippen molar-refractivity contribution in [3.63, 3.8) is 0 Å². The Morgan fingerprint density at radius 2 is 1.75 bits per heavy atom. The molecule has 1 aromatic heterocycles. The number of carbonyl (C=O) groups is 1. The van der Waals surface area contributed by atoms with Crippen LogP contribution in [-0.2, 0) is 6.42 Å². The van der Waals surface area contributed by atoms with Crippen LogP contribution in [0.3, 0.4) is 0 Å². The molecule has 0 bridgehead atoms. The van der Waals surface area contributed by atoms with Gasteiger partial charge in [0.15, 0.2) is 5.13 Å². The topological polar surface area (TPSA) is 45.7 Å². The highest BCUT2D eigenvalue weighted by Crippen LogP contribution is 2.31. The molecule has 5 nitrogen and oxygen atoms in total. The third-order valence-corrected chi connectivity index (χ3v) is 6.77. The summed E-state index contributed by atoms with van der Waals surface area (Å²) in [5.74, 6) is 0.781. The van der Waals surface area contributed by atoms with Gasteiger partial charge in [-0.3, -0.25) is 9.69 Å². The normalized spacial score (nSPS) is 11.3. The molecule has 0 aliphatic carbocycles. The van der Waals surface area contributed by atoms with E-state index in [-0.39, 0.29) is 5.91 Å². The van der Waals surface area contributed by atoms with E-state index in [1.807, 2.05) is 29.2 Å². The maximum atomic E-state index is 13.5. The molecule has 172 valence electrons. The second kappa shape index (κ2) is 12.0. The van der Waals surface area contributed by atoms with Crippen LogP contribution in [-0.4, -0.2) is 48.6 Å². The Kier molecular flexibility index (Phi) is 9.06. The van der Waals surface area contributed by atoms with Crippen molar-refractivity contribution in [1.82, 2.24) is 9.88 Å². The van der Waals surface area contributed by atoms with Gasteiger partial charge >= 0.3 is 0 Å². The van der Waals surface area contributed by atoms with Crippen LogP contribution in [0, 0.1) is 0 Å². The molecule has 1 amide bonds. The lowest BCUT2D eigenvalue weighted by atomic mass is 10.2. The Morgan fingerprint density at radius 3 is 2.41 bits per heavy atom. The Morgan fingerprint density at radius 1 is 1.00 bits per heavy atom. The molecule has 0 atom stereocenters. The van der Waals surface area contributed by atoms with Crippen LogP contribution in [0.15, 0.2) is 42.5 Å². The number of rotatable bonds is 12. The average molecular weight is 454 g/mol. The van der Waals surface area contributed by atoms with E-state index < -0.39 is 0 Å². The molecule has 0 N–H and O–H groups in total. The first-order valence-corrected chi connectivity index (χ1v) is 12.6. The average Bonchev–Trinajstić information content (AvgIpc) is 3.25. The van der Waals surface area contributed by atoms with Crippen molar-refractivity contribution in [2.24, 2.45) is 0 Å². The fourth-order valence-electron chi connectivity index (χ4n) is 3.54. The molecule has 0 radical (unpaired) electrons. The molecule has 3 aromatic rings. The smallest absolute Gasteiger partial charge is 0.260 e. The minimum Gasteiger partial charge on any atom is -0.494 e. The number of aromatic nitrogens is 1. The van der Waals surface area contributed by atoms with Gasteiger partial charge in [0.2, 0.25) is 0 Å². The van der Waals surface area contributed by atoms with Crippen LogP contribution in [0.2, 0.25) is 0 Å². The number of hydrogen-bond acceptors (Lipinski definition) is 5. The summed E-state index contributed by atoms with van der Waals surface area (Å²) in [6.45, 7) is 12.6. The summed E-state index contributed by atoms with van der Waals surface area (Å²) < 4.78 is 6.88. The van der Waals surface area contributed by atoms with E-state index in [9.17, 15) is 4.79 Å². The number of amides is 1. The maximum Gasteiger partial charge on any atom is 0.260 e. The van der Waals surface area contributed by atoms with Gasteiger partial charge in [0, 0.05) is 18.7 Å². The summed E-state index contributed by atoms with van der Waals surface area (Å²) >= 11 is 1.59. The predicted molar refractivity (Wildman–Crippen MR) is 135 cm³/mol. The van der Waals surface area contributed by atoms with Crippen LogP contribution in [0.4, 0.5) is 5.13 Å². The lowest BCUT2D eigenvalue weighted by molar-refractivity contribution is 0.0983. The van der Waals surface area contributed by atoms with Gasteiger partial charge in [0.25, 0.3) is 5.91 Å². The van der Waals surface area contributed by atoms with Gasteiger partial charge in [0.05, 0.1) is 16.8 Å². The molecule has 6 heteroatoms. The second-order valence-electron chi connectivity index (χ2n) is 7.86. The van der Waals surface area contributed by atoms with Crippen molar-refractivity contribution in [2.45, 2.75) is 47.0 Å². The molecular formula is C26H35N3O2S. The highest BCUT2D eigenvalue weighted by molar-refractivity contribution is 7.22. The van der Waals surface area contributed by atoms with Crippen LogP contribution < -0.4 is 9.64 Å². The minimum atomic E-state index is -0.0213. The summed E-state index contributed by atoms with van der Waals surface area (Å²) in [4.78, 5) is 22.5. The minimum absolute atomic E-state index is 0.0213. The van der Waals surface area contributed by atoms with Crippen LogP contribution in [0.25, 0.3) is 10.2 Å². The van der Waals surface area contributed by atoms with Crippen molar-refractivity contribution in [3.05, 3.63) is 53.6 Å². The van der Waals surface area contributed by atoms with E-state index in [0.717, 1.165) is 60.0 Å². The summed E-state index contributed by atoms with van der Waals surface area (Å²) in [6, 6.07) is 13.8. The van der Waals surface area contributed by atoms with Gasteiger partial charge in [-0.15, -0.1) is 0 Å². The van der Waals surface area contributed by atoms with Crippen molar-refractivity contribution in [3.8, 4) is 5.75 Å². The number of aryl methyl sites for hydroxylation is 1.